The van der Waals surface area contributed by atoms with Crippen LogP contribution in [0.3, 0.4) is 0 Å². The Morgan fingerprint density at radius 2 is 1.10 bits per heavy atom. The van der Waals surface area contributed by atoms with Crippen LogP contribution in [0.1, 0.15) is 53.1 Å². The van der Waals surface area contributed by atoms with Gasteiger partial charge in [-0.1, -0.05) is 175 Å². The molecule has 0 spiro atoms. The van der Waals surface area contributed by atoms with E-state index >= 15 is 0 Å². The second kappa shape index (κ2) is 12.0. The van der Waals surface area contributed by atoms with Gasteiger partial charge in [-0.15, -0.1) is 0 Å². The minimum Gasteiger partial charge on any atom is -0.457 e. The van der Waals surface area contributed by atoms with Crippen LogP contribution in [0.5, 0.6) is 11.5 Å². The molecule has 10 rings (SSSR count). The highest BCUT2D eigenvalue weighted by atomic mass is 16.5. The molecule has 0 fully saturated rings. The fraction of sp³-hybridized carbons (Fsp3) is 0.0980. The topological polar surface area (TPSA) is 9.23 Å². The SMILES string of the molecule is CC1(c2ccccc2)c2ccccc2-c2c(-c3ccc(-c4ccc5c(c4)C(C4=CC=CCC4)(c4ccccc4)c4ccccc4O5)cc3)cccc21. The smallest absolute Gasteiger partial charge is 0.132 e. The van der Waals surface area contributed by atoms with Gasteiger partial charge in [0, 0.05) is 16.5 Å². The van der Waals surface area contributed by atoms with Crippen molar-refractivity contribution in [2.24, 2.45) is 0 Å². The average Bonchev–Trinajstić information content (AvgIpc) is 3.49. The predicted molar refractivity (Wildman–Crippen MR) is 214 cm³/mol. The molecule has 7 aromatic carbocycles. The molecule has 0 amide bonds. The minimum atomic E-state index is -0.463. The van der Waals surface area contributed by atoms with Gasteiger partial charge in [0.15, 0.2) is 0 Å². The zero-order chi connectivity index (χ0) is 34.7. The lowest BCUT2D eigenvalue weighted by Gasteiger charge is -2.43. The van der Waals surface area contributed by atoms with Gasteiger partial charge in [-0.3, -0.25) is 0 Å². The summed E-state index contributed by atoms with van der Waals surface area (Å²) in [5.74, 6) is 1.84. The third-order valence-corrected chi connectivity index (χ3v) is 11.8. The van der Waals surface area contributed by atoms with Crippen molar-refractivity contribution in [2.45, 2.75) is 30.6 Å². The molecule has 3 aliphatic rings. The van der Waals surface area contributed by atoms with Crippen molar-refractivity contribution < 1.29 is 4.74 Å². The van der Waals surface area contributed by atoms with E-state index in [1.807, 2.05) is 0 Å². The maximum absolute atomic E-state index is 6.69. The Bertz CT molecular complexity index is 2540. The average molecular weight is 667 g/mol. The predicted octanol–water partition coefficient (Wildman–Crippen LogP) is 13.1. The number of benzene rings is 7. The van der Waals surface area contributed by atoms with Gasteiger partial charge in [-0.25, -0.2) is 0 Å². The molecular formula is C51H38O. The molecular weight excluding hydrogens is 629 g/mol. The second-order valence-electron chi connectivity index (χ2n) is 14.4. The molecule has 0 N–H and O–H groups in total. The fourth-order valence-corrected chi connectivity index (χ4v) is 9.37. The van der Waals surface area contributed by atoms with Gasteiger partial charge in [-0.2, -0.15) is 0 Å². The number of ether oxygens (including phenoxy) is 1. The van der Waals surface area contributed by atoms with Crippen LogP contribution in [0.2, 0.25) is 0 Å². The van der Waals surface area contributed by atoms with Crippen LogP contribution in [0.4, 0.5) is 0 Å². The Morgan fingerprint density at radius 3 is 1.87 bits per heavy atom. The largest absolute Gasteiger partial charge is 0.457 e. The highest BCUT2D eigenvalue weighted by molar-refractivity contribution is 5.94. The maximum Gasteiger partial charge on any atom is 0.132 e. The normalized spacial score (nSPS) is 19.4. The van der Waals surface area contributed by atoms with E-state index in [2.05, 4.69) is 195 Å². The molecule has 52 heavy (non-hydrogen) atoms. The summed E-state index contributed by atoms with van der Waals surface area (Å²) in [5, 5.41) is 0. The summed E-state index contributed by atoms with van der Waals surface area (Å²) >= 11 is 0. The lowest BCUT2D eigenvalue weighted by atomic mass is 9.61. The molecule has 0 radical (unpaired) electrons. The fourth-order valence-electron chi connectivity index (χ4n) is 9.37. The van der Waals surface area contributed by atoms with E-state index in [9.17, 15) is 0 Å². The highest BCUT2D eigenvalue weighted by Gasteiger charge is 2.46. The maximum atomic E-state index is 6.69. The number of allylic oxidation sites excluding steroid dienone is 4. The molecule has 2 aliphatic carbocycles. The monoisotopic (exact) mass is 666 g/mol. The second-order valence-corrected chi connectivity index (χ2v) is 14.4. The lowest BCUT2D eigenvalue weighted by Crippen LogP contribution is -2.35. The van der Waals surface area contributed by atoms with Crippen LogP contribution in [0, 0.1) is 0 Å². The summed E-state index contributed by atoms with van der Waals surface area (Å²) in [4.78, 5) is 0. The lowest BCUT2D eigenvalue weighted by molar-refractivity contribution is 0.430. The zero-order valence-electron chi connectivity index (χ0n) is 29.2. The molecule has 0 saturated carbocycles. The minimum absolute atomic E-state index is 0.220. The molecule has 1 nitrogen and oxygen atoms in total. The van der Waals surface area contributed by atoms with Crippen LogP contribution in [-0.2, 0) is 10.8 Å². The van der Waals surface area contributed by atoms with Gasteiger partial charge in [-0.05, 0) is 93.6 Å². The van der Waals surface area contributed by atoms with Crippen molar-refractivity contribution in [1.82, 2.24) is 0 Å². The summed E-state index contributed by atoms with van der Waals surface area (Å²) in [6, 6.07) is 62.3. The Balaban J connectivity index is 1.11. The standard InChI is InChI=1S/C51H38O/c1-50(38-16-5-2-6-17-38)43-24-12-11-22-42(43)49-41(23-15-26-45(49)50)36-30-28-35(29-31-36)37-32-33-48-46(34-37)51(39-18-7-3-8-19-39,40-20-9-4-10-21-40)44-25-13-14-27-47(44)52-48/h2-9,11-20,22-34H,10,21H2,1H3. The van der Waals surface area contributed by atoms with E-state index in [0.29, 0.717) is 0 Å². The van der Waals surface area contributed by atoms with Crippen molar-refractivity contribution in [3.05, 3.63) is 227 Å². The first-order chi connectivity index (χ1) is 25.7. The number of rotatable bonds is 5. The van der Waals surface area contributed by atoms with Gasteiger partial charge >= 0.3 is 0 Å². The van der Waals surface area contributed by atoms with E-state index in [1.54, 1.807) is 0 Å². The molecule has 0 saturated heterocycles. The Morgan fingerprint density at radius 1 is 0.481 bits per heavy atom. The Labute approximate surface area is 306 Å². The summed E-state index contributed by atoms with van der Waals surface area (Å²) in [5.41, 5.74) is 15.9. The van der Waals surface area contributed by atoms with Crippen molar-refractivity contribution in [2.75, 3.05) is 0 Å². The summed E-state index contributed by atoms with van der Waals surface area (Å²) in [6.07, 6.45) is 8.85. The molecule has 0 aromatic heterocycles. The zero-order valence-corrected chi connectivity index (χ0v) is 29.2. The number of fused-ring (bicyclic) bond motifs is 5. The molecule has 248 valence electrons. The molecule has 2 unspecified atom stereocenters. The molecule has 2 atom stereocenters. The number of hydrogen-bond acceptors (Lipinski definition) is 1. The van der Waals surface area contributed by atoms with E-state index in [1.165, 1.54) is 72.3 Å². The number of hydrogen-bond donors (Lipinski definition) is 0. The van der Waals surface area contributed by atoms with Crippen LogP contribution >= 0.6 is 0 Å². The van der Waals surface area contributed by atoms with Crippen molar-refractivity contribution in [3.63, 3.8) is 0 Å². The number of para-hydroxylation sites is 1. The van der Waals surface area contributed by atoms with Gasteiger partial charge < -0.3 is 4.74 Å². The summed E-state index contributed by atoms with van der Waals surface area (Å²) < 4.78 is 6.69. The third-order valence-electron chi connectivity index (χ3n) is 11.8. The Kier molecular flexibility index (Phi) is 7.05. The summed E-state index contributed by atoms with van der Waals surface area (Å²) in [6.45, 7) is 2.38. The van der Waals surface area contributed by atoms with Crippen LogP contribution < -0.4 is 4.74 Å². The molecule has 1 heteroatoms. The van der Waals surface area contributed by atoms with Gasteiger partial charge in [0.25, 0.3) is 0 Å². The van der Waals surface area contributed by atoms with Gasteiger partial charge in [0.05, 0.1) is 5.41 Å². The van der Waals surface area contributed by atoms with E-state index < -0.39 is 5.41 Å². The van der Waals surface area contributed by atoms with Crippen molar-refractivity contribution >= 4 is 0 Å². The Hall–Kier alpha value is -6.18. The molecule has 1 aliphatic heterocycles. The van der Waals surface area contributed by atoms with Crippen LogP contribution in [-0.4, -0.2) is 0 Å². The highest BCUT2D eigenvalue weighted by Crippen LogP contribution is 2.58. The molecule has 7 aromatic rings. The van der Waals surface area contributed by atoms with Crippen molar-refractivity contribution in [3.8, 4) is 44.9 Å². The quantitative estimate of drug-likeness (QED) is 0.178. The third kappa shape index (κ3) is 4.42. The van der Waals surface area contributed by atoms with Gasteiger partial charge in [0.1, 0.15) is 11.5 Å². The summed E-state index contributed by atoms with van der Waals surface area (Å²) in [7, 11) is 0. The van der Waals surface area contributed by atoms with E-state index in [0.717, 1.165) is 24.3 Å². The van der Waals surface area contributed by atoms with Gasteiger partial charge in [0.2, 0.25) is 0 Å². The van der Waals surface area contributed by atoms with E-state index in [4.69, 9.17) is 4.74 Å². The molecule has 0 bridgehead atoms. The first kappa shape index (κ1) is 30.6. The van der Waals surface area contributed by atoms with Crippen LogP contribution in [0.25, 0.3) is 33.4 Å². The van der Waals surface area contributed by atoms with Crippen LogP contribution in [0.15, 0.2) is 194 Å². The first-order valence-corrected chi connectivity index (χ1v) is 18.4. The first-order valence-electron chi connectivity index (χ1n) is 18.4. The molecule has 1 heterocycles. The van der Waals surface area contributed by atoms with E-state index in [-0.39, 0.29) is 5.41 Å². The van der Waals surface area contributed by atoms with Crippen molar-refractivity contribution in [1.29, 1.82) is 0 Å².